The number of hydrogen-bond acceptors (Lipinski definition) is 5. The van der Waals surface area contributed by atoms with Crippen LogP contribution in [0.5, 0.6) is 11.5 Å². The zero-order chi connectivity index (χ0) is 23.5. The summed E-state index contributed by atoms with van der Waals surface area (Å²) in [5.74, 6) is 1.28. The number of aromatic nitrogens is 3. The number of anilines is 1. The zero-order valence-electron chi connectivity index (χ0n) is 18.3. The number of carbonyl (C=O) groups excluding carboxylic acids is 1. The summed E-state index contributed by atoms with van der Waals surface area (Å²) in [7, 11) is 0. The predicted octanol–water partition coefficient (Wildman–Crippen LogP) is 5.69. The first-order chi connectivity index (χ1) is 16.6. The van der Waals surface area contributed by atoms with E-state index in [1.54, 1.807) is 10.7 Å². The molecule has 164 valence electrons. The van der Waals surface area contributed by atoms with Crippen LogP contribution in [0.1, 0.15) is 12.5 Å². The number of para-hydroxylation sites is 1. The van der Waals surface area contributed by atoms with Gasteiger partial charge in [0.15, 0.2) is 5.65 Å². The molecule has 0 bridgehead atoms. The van der Waals surface area contributed by atoms with Crippen LogP contribution in [0, 0.1) is 11.3 Å². The second kappa shape index (κ2) is 8.88. The Labute approximate surface area is 195 Å². The lowest BCUT2D eigenvalue weighted by molar-refractivity contribution is -0.114. The average molecular weight is 445 g/mol. The van der Waals surface area contributed by atoms with Crippen molar-refractivity contribution in [2.75, 3.05) is 5.32 Å². The van der Waals surface area contributed by atoms with Gasteiger partial charge in [0.05, 0.1) is 5.69 Å². The fraction of sp³-hybridized carbons (Fsp3) is 0.0370. The molecule has 0 radical (unpaired) electrons. The third-order valence-corrected chi connectivity index (χ3v) is 5.22. The molecule has 0 atom stereocenters. The topological polar surface area (TPSA) is 92.3 Å². The lowest BCUT2D eigenvalue weighted by Crippen LogP contribution is -2.05. The smallest absolute Gasteiger partial charge is 0.221 e. The Kier molecular flexibility index (Phi) is 5.46. The van der Waals surface area contributed by atoms with E-state index in [9.17, 15) is 10.1 Å². The van der Waals surface area contributed by atoms with Gasteiger partial charge in [0, 0.05) is 29.9 Å². The molecule has 0 unspecified atom stereocenters. The number of hydrogen-bond donors (Lipinski definition) is 1. The predicted molar refractivity (Wildman–Crippen MR) is 129 cm³/mol. The van der Waals surface area contributed by atoms with Crippen LogP contribution in [-0.4, -0.2) is 20.5 Å². The van der Waals surface area contributed by atoms with Crippen LogP contribution >= 0.6 is 0 Å². The van der Waals surface area contributed by atoms with Gasteiger partial charge in [-0.2, -0.15) is 10.4 Å². The second-order valence-electron chi connectivity index (χ2n) is 7.60. The molecule has 0 aliphatic carbocycles. The van der Waals surface area contributed by atoms with Gasteiger partial charge in [-0.3, -0.25) is 4.79 Å². The van der Waals surface area contributed by atoms with Gasteiger partial charge in [-0.05, 0) is 54.6 Å². The molecular formula is C27H19N5O2. The highest BCUT2D eigenvalue weighted by atomic mass is 16.5. The minimum atomic E-state index is -0.148. The minimum absolute atomic E-state index is 0.148. The van der Waals surface area contributed by atoms with E-state index in [0.29, 0.717) is 28.3 Å². The fourth-order valence-corrected chi connectivity index (χ4v) is 3.73. The second-order valence-corrected chi connectivity index (χ2v) is 7.60. The molecule has 3 aromatic carbocycles. The van der Waals surface area contributed by atoms with Crippen molar-refractivity contribution in [3.8, 4) is 40.1 Å². The van der Waals surface area contributed by atoms with Gasteiger partial charge >= 0.3 is 0 Å². The van der Waals surface area contributed by atoms with E-state index < -0.39 is 0 Å². The number of rotatable bonds is 5. The van der Waals surface area contributed by atoms with E-state index in [1.165, 1.54) is 6.92 Å². The number of nitriles is 1. The van der Waals surface area contributed by atoms with Crippen LogP contribution in [0.3, 0.4) is 0 Å². The van der Waals surface area contributed by atoms with Crippen molar-refractivity contribution in [1.82, 2.24) is 14.6 Å². The Morgan fingerprint density at radius 2 is 1.71 bits per heavy atom. The van der Waals surface area contributed by atoms with Crippen molar-refractivity contribution < 1.29 is 9.53 Å². The molecule has 2 aromatic heterocycles. The largest absolute Gasteiger partial charge is 0.457 e. The lowest BCUT2D eigenvalue weighted by atomic mass is 10.1. The Hall–Kier alpha value is -4.96. The van der Waals surface area contributed by atoms with E-state index in [0.717, 1.165) is 22.6 Å². The number of fused-ring (bicyclic) bond motifs is 1. The van der Waals surface area contributed by atoms with Gasteiger partial charge in [0.2, 0.25) is 5.91 Å². The highest BCUT2D eigenvalue weighted by Crippen LogP contribution is 2.31. The average Bonchev–Trinajstić information content (AvgIpc) is 3.24. The molecule has 7 nitrogen and oxygen atoms in total. The molecule has 0 fully saturated rings. The van der Waals surface area contributed by atoms with Crippen LogP contribution in [0.25, 0.3) is 28.2 Å². The molecule has 5 rings (SSSR count). The molecule has 5 aromatic rings. The standard InChI is InChI=1S/C27H19N5O2/c1-18(33)30-21-7-5-6-20(16-21)25-14-15-29-27-24(17-28)26(31-32(25)27)19-10-12-23(13-11-19)34-22-8-3-2-4-9-22/h2-16H,1H3,(H,30,33). The van der Waals surface area contributed by atoms with Crippen molar-refractivity contribution in [1.29, 1.82) is 5.26 Å². The summed E-state index contributed by atoms with van der Waals surface area (Å²) in [6.45, 7) is 1.46. The summed E-state index contributed by atoms with van der Waals surface area (Å²) in [6.07, 6.45) is 1.65. The minimum Gasteiger partial charge on any atom is -0.457 e. The fourth-order valence-electron chi connectivity index (χ4n) is 3.73. The molecule has 0 aliphatic heterocycles. The van der Waals surface area contributed by atoms with Crippen LogP contribution in [-0.2, 0) is 4.79 Å². The summed E-state index contributed by atoms with van der Waals surface area (Å²) < 4.78 is 7.53. The number of ether oxygens (including phenoxy) is 1. The molecule has 1 N–H and O–H groups in total. The van der Waals surface area contributed by atoms with Gasteiger partial charge in [0.25, 0.3) is 0 Å². The van der Waals surface area contributed by atoms with E-state index >= 15 is 0 Å². The molecule has 1 amide bonds. The van der Waals surface area contributed by atoms with Gasteiger partial charge in [-0.15, -0.1) is 0 Å². The van der Waals surface area contributed by atoms with Gasteiger partial charge in [-0.25, -0.2) is 9.50 Å². The van der Waals surface area contributed by atoms with E-state index in [1.807, 2.05) is 84.9 Å². The molecule has 0 saturated carbocycles. The third-order valence-electron chi connectivity index (χ3n) is 5.22. The Morgan fingerprint density at radius 1 is 0.941 bits per heavy atom. The molecule has 2 heterocycles. The zero-order valence-corrected chi connectivity index (χ0v) is 18.3. The summed E-state index contributed by atoms with van der Waals surface area (Å²) >= 11 is 0. The monoisotopic (exact) mass is 445 g/mol. The SMILES string of the molecule is CC(=O)Nc1cccc(-c2ccnc3c(C#N)c(-c4ccc(Oc5ccccc5)cc4)nn23)c1. The van der Waals surface area contributed by atoms with Crippen molar-refractivity contribution in [3.05, 3.63) is 96.7 Å². The number of carbonyl (C=O) groups is 1. The van der Waals surface area contributed by atoms with Crippen LogP contribution in [0.15, 0.2) is 91.1 Å². The van der Waals surface area contributed by atoms with Gasteiger partial charge in [0.1, 0.15) is 28.8 Å². The maximum Gasteiger partial charge on any atom is 0.221 e. The molecule has 0 aliphatic rings. The van der Waals surface area contributed by atoms with E-state index in [-0.39, 0.29) is 5.91 Å². The highest BCUT2D eigenvalue weighted by molar-refractivity contribution is 5.89. The number of amides is 1. The van der Waals surface area contributed by atoms with Crippen LogP contribution in [0.2, 0.25) is 0 Å². The molecule has 7 heteroatoms. The summed E-state index contributed by atoms with van der Waals surface area (Å²) in [5.41, 5.74) is 4.43. The van der Waals surface area contributed by atoms with Gasteiger partial charge in [-0.1, -0.05) is 30.3 Å². The van der Waals surface area contributed by atoms with Crippen molar-refractivity contribution in [3.63, 3.8) is 0 Å². The number of nitrogens with zero attached hydrogens (tertiary/aromatic N) is 4. The van der Waals surface area contributed by atoms with Crippen LogP contribution < -0.4 is 10.1 Å². The maximum absolute atomic E-state index is 11.5. The Morgan fingerprint density at radius 3 is 2.44 bits per heavy atom. The maximum atomic E-state index is 11.5. The summed E-state index contributed by atoms with van der Waals surface area (Å²) in [4.78, 5) is 15.9. The lowest BCUT2D eigenvalue weighted by Gasteiger charge is -2.07. The van der Waals surface area contributed by atoms with Crippen molar-refractivity contribution >= 4 is 17.2 Å². The third kappa shape index (κ3) is 4.08. The normalized spacial score (nSPS) is 10.6. The quantitative estimate of drug-likeness (QED) is 0.375. The molecule has 0 spiro atoms. The first-order valence-corrected chi connectivity index (χ1v) is 10.6. The Bertz CT molecular complexity index is 1530. The highest BCUT2D eigenvalue weighted by Gasteiger charge is 2.18. The van der Waals surface area contributed by atoms with E-state index in [2.05, 4.69) is 16.4 Å². The van der Waals surface area contributed by atoms with Crippen molar-refractivity contribution in [2.24, 2.45) is 0 Å². The Balaban J connectivity index is 1.55. The summed E-state index contributed by atoms with van der Waals surface area (Å²) in [5, 5.41) is 17.4. The molecule has 0 saturated heterocycles. The molecular weight excluding hydrogens is 426 g/mol. The number of benzene rings is 3. The summed E-state index contributed by atoms with van der Waals surface area (Å²) in [6, 6.07) is 28.5. The molecule has 34 heavy (non-hydrogen) atoms. The first kappa shape index (κ1) is 20.9. The number of nitrogens with one attached hydrogen (secondary N) is 1. The van der Waals surface area contributed by atoms with Crippen LogP contribution in [0.4, 0.5) is 5.69 Å². The van der Waals surface area contributed by atoms with Crippen molar-refractivity contribution in [2.45, 2.75) is 6.92 Å². The first-order valence-electron chi connectivity index (χ1n) is 10.6. The van der Waals surface area contributed by atoms with E-state index in [4.69, 9.17) is 9.84 Å². The van der Waals surface area contributed by atoms with Gasteiger partial charge < -0.3 is 10.1 Å².